The Bertz CT molecular complexity index is 364. The van der Waals surface area contributed by atoms with Crippen molar-refractivity contribution in [3.63, 3.8) is 0 Å². The zero-order chi connectivity index (χ0) is 16.0. The number of likely N-dealkylation sites (N-methyl/N-ethyl adjacent to an activating group) is 2. The molecule has 7 heteroatoms. The van der Waals surface area contributed by atoms with E-state index in [0.717, 1.165) is 13.0 Å². The first-order valence-corrected chi connectivity index (χ1v) is 7.39. The monoisotopic (exact) mass is 301 g/mol. The number of hydrogen-bond donors (Lipinski definition) is 2. The summed E-state index contributed by atoms with van der Waals surface area (Å²) in [6.07, 6.45) is 1.06. The second-order valence-electron chi connectivity index (χ2n) is 5.63. The Balaban J connectivity index is 2.39. The van der Waals surface area contributed by atoms with Gasteiger partial charge >= 0.3 is 12.0 Å². The zero-order valence-electron chi connectivity index (χ0n) is 13.3. The molecule has 0 aliphatic carbocycles. The van der Waals surface area contributed by atoms with Crippen LogP contribution in [0.4, 0.5) is 4.79 Å². The van der Waals surface area contributed by atoms with Crippen LogP contribution in [-0.2, 0) is 9.53 Å². The van der Waals surface area contributed by atoms with E-state index in [1.807, 2.05) is 7.05 Å². The summed E-state index contributed by atoms with van der Waals surface area (Å²) in [4.78, 5) is 26.8. The average Bonchev–Trinajstić information content (AvgIpc) is 2.94. The minimum Gasteiger partial charge on any atom is -0.481 e. The number of carboxylic acids is 1. The highest BCUT2D eigenvalue weighted by Crippen LogP contribution is 2.18. The van der Waals surface area contributed by atoms with Gasteiger partial charge in [0.05, 0.1) is 19.3 Å². The quantitative estimate of drug-likeness (QED) is 0.714. The number of rotatable bonds is 7. The second-order valence-corrected chi connectivity index (χ2v) is 5.63. The Labute approximate surface area is 126 Å². The van der Waals surface area contributed by atoms with Crippen LogP contribution in [0.25, 0.3) is 0 Å². The van der Waals surface area contributed by atoms with Gasteiger partial charge in [-0.1, -0.05) is 6.92 Å². The highest BCUT2D eigenvalue weighted by atomic mass is 16.5. The molecule has 1 saturated heterocycles. The van der Waals surface area contributed by atoms with Crippen LogP contribution >= 0.6 is 0 Å². The molecule has 7 nitrogen and oxygen atoms in total. The van der Waals surface area contributed by atoms with Crippen molar-refractivity contribution in [2.75, 3.05) is 40.4 Å². The molecule has 2 amide bonds. The third kappa shape index (κ3) is 4.86. The summed E-state index contributed by atoms with van der Waals surface area (Å²) >= 11 is 0. The fourth-order valence-corrected chi connectivity index (χ4v) is 2.31. The molecule has 1 rings (SSSR count). The molecule has 0 spiro atoms. The zero-order valence-corrected chi connectivity index (χ0v) is 13.3. The van der Waals surface area contributed by atoms with Crippen LogP contribution in [0.3, 0.4) is 0 Å². The lowest BCUT2D eigenvalue weighted by molar-refractivity contribution is -0.142. The molecule has 0 saturated carbocycles. The van der Waals surface area contributed by atoms with Gasteiger partial charge in [0.25, 0.3) is 0 Å². The number of amides is 2. The lowest BCUT2D eigenvalue weighted by Crippen LogP contribution is -2.49. The highest BCUT2D eigenvalue weighted by Gasteiger charge is 2.38. The van der Waals surface area contributed by atoms with Crippen LogP contribution in [-0.4, -0.2) is 79.4 Å². The predicted octanol–water partition coefficient (Wildman–Crippen LogP) is 0.458. The van der Waals surface area contributed by atoms with E-state index in [1.54, 1.807) is 7.05 Å². The summed E-state index contributed by atoms with van der Waals surface area (Å²) in [5.41, 5.74) is 0. The Morgan fingerprint density at radius 3 is 2.62 bits per heavy atom. The van der Waals surface area contributed by atoms with E-state index in [9.17, 15) is 9.59 Å². The van der Waals surface area contributed by atoms with E-state index in [1.165, 1.54) is 4.90 Å². The van der Waals surface area contributed by atoms with Gasteiger partial charge in [0.15, 0.2) is 0 Å². The molecule has 0 aromatic heterocycles. The van der Waals surface area contributed by atoms with E-state index in [2.05, 4.69) is 24.1 Å². The molecule has 1 aliphatic heterocycles. The van der Waals surface area contributed by atoms with Crippen molar-refractivity contribution < 1.29 is 19.4 Å². The van der Waals surface area contributed by atoms with Gasteiger partial charge in [-0.2, -0.15) is 0 Å². The van der Waals surface area contributed by atoms with Gasteiger partial charge in [-0.3, -0.25) is 4.79 Å². The number of carboxylic acid groups (broad SMARTS) is 1. The predicted molar refractivity (Wildman–Crippen MR) is 79.3 cm³/mol. The van der Waals surface area contributed by atoms with Crippen molar-refractivity contribution in [3.8, 4) is 0 Å². The fourth-order valence-electron chi connectivity index (χ4n) is 2.31. The Hall–Kier alpha value is -1.34. The Morgan fingerprint density at radius 1 is 1.38 bits per heavy atom. The van der Waals surface area contributed by atoms with E-state index < -0.39 is 17.9 Å². The number of carbonyl (C=O) groups excluding carboxylic acids is 1. The van der Waals surface area contributed by atoms with Gasteiger partial charge in [0.2, 0.25) is 0 Å². The number of nitrogens with zero attached hydrogens (tertiary/aromatic N) is 2. The van der Waals surface area contributed by atoms with Crippen molar-refractivity contribution in [1.82, 2.24) is 15.1 Å². The Kier molecular flexibility index (Phi) is 6.91. The van der Waals surface area contributed by atoms with Gasteiger partial charge in [-0.25, -0.2) is 4.79 Å². The van der Waals surface area contributed by atoms with E-state index in [4.69, 9.17) is 9.84 Å². The second kappa shape index (κ2) is 8.19. The van der Waals surface area contributed by atoms with Crippen LogP contribution in [0.2, 0.25) is 0 Å². The number of aliphatic carboxylic acids is 1. The normalized spacial score (nSPS) is 23.1. The highest BCUT2D eigenvalue weighted by molar-refractivity contribution is 5.77. The summed E-state index contributed by atoms with van der Waals surface area (Å²) < 4.78 is 5.18. The van der Waals surface area contributed by atoms with Crippen LogP contribution in [0, 0.1) is 5.92 Å². The van der Waals surface area contributed by atoms with Crippen molar-refractivity contribution in [3.05, 3.63) is 0 Å². The van der Waals surface area contributed by atoms with Crippen LogP contribution in [0.1, 0.15) is 20.3 Å². The van der Waals surface area contributed by atoms with E-state index in [0.29, 0.717) is 12.6 Å². The smallest absolute Gasteiger partial charge is 0.317 e. The molecular weight excluding hydrogens is 274 g/mol. The van der Waals surface area contributed by atoms with Crippen molar-refractivity contribution >= 4 is 12.0 Å². The lowest BCUT2D eigenvalue weighted by atomic mass is 10.0. The molecular formula is C14H27N3O4. The Morgan fingerprint density at radius 2 is 2.05 bits per heavy atom. The molecule has 0 aromatic rings. The largest absolute Gasteiger partial charge is 0.481 e. The number of hydrogen-bond acceptors (Lipinski definition) is 4. The number of carbonyl (C=O) groups is 2. The fraction of sp³-hybridized carbons (Fsp3) is 0.857. The van der Waals surface area contributed by atoms with Gasteiger partial charge in [-0.15, -0.1) is 0 Å². The average molecular weight is 301 g/mol. The minimum atomic E-state index is -0.923. The van der Waals surface area contributed by atoms with Gasteiger partial charge in [0, 0.05) is 26.2 Å². The van der Waals surface area contributed by atoms with Crippen LogP contribution < -0.4 is 5.32 Å². The number of nitrogens with one attached hydrogen (secondary N) is 1. The lowest BCUT2D eigenvalue weighted by Gasteiger charge is -2.28. The first-order chi connectivity index (χ1) is 9.88. The van der Waals surface area contributed by atoms with Crippen LogP contribution in [0.5, 0.6) is 0 Å². The van der Waals surface area contributed by atoms with Crippen molar-refractivity contribution in [2.24, 2.45) is 5.92 Å². The number of urea groups is 1. The maximum Gasteiger partial charge on any atom is 0.317 e. The molecule has 1 heterocycles. The summed E-state index contributed by atoms with van der Waals surface area (Å²) in [6.45, 7) is 6.00. The molecule has 0 radical (unpaired) electrons. The first-order valence-electron chi connectivity index (χ1n) is 7.39. The van der Waals surface area contributed by atoms with Gasteiger partial charge in [-0.05, 0) is 20.4 Å². The van der Waals surface area contributed by atoms with E-state index >= 15 is 0 Å². The van der Waals surface area contributed by atoms with Crippen molar-refractivity contribution in [2.45, 2.75) is 32.4 Å². The maximum absolute atomic E-state index is 12.1. The topological polar surface area (TPSA) is 82.1 Å². The minimum absolute atomic E-state index is 0.161. The molecule has 0 aromatic carbocycles. The molecule has 3 unspecified atom stereocenters. The third-order valence-electron chi connectivity index (χ3n) is 4.27. The third-order valence-corrected chi connectivity index (χ3v) is 4.27. The summed E-state index contributed by atoms with van der Waals surface area (Å²) in [7, 11) is 3.64. The van der Waals surface area contributed by atoms with Gasteiger partial charge < -0.3 is 25.0 Å². The standard InChI is InChI=1S/C14H27N3O4/c1-5-10(2)16(3)7-6-15-14(20)17(4)12-9-21-8-11(12)13(18)19/h10-12H,5-9H2,1-4H3,(H,15,20)(H,18,19). The molecule has 1 fully saturated rings. The maximum atomic E-state index is 12.1. The summed E-state index contributed by atoms with van der Waals surface area (Å²) in [5.74, 6) is -1.57. The summed E-state index contributed by atoms with van der Waals surface area (Å²) in [5, 5.41) is 11.9. The molecule has 122 valence electrons. The SMILES string of the molecule is CCC(C)N(C)CCNC(=O)N(C)C1COCC1C(=O)O. The van der Waals surface area contributed by atoms with Gasteiger partial charge in [0.1, 0.15) is 5.92 Å². The molecule has 1 aliphatic rings. The molecule has 2 N–H and O–H groups in total. The molecule has 3 atom stereocenters. The van der Waals surface area contributed by atoms with Crippen molar-refractivity contribution in [1.29, 1.82) is 0 Å². The molecule has 21 heavy (non-hydrogen) atoms. The number of ether oxygens (including phenoxy) is 1. The molecule has 0 bridgehead atoms. The van der Waals surface area contributed by atoms with Crippen LogP contribution in [0.15, 0.2) is 0 Å². The summed E-state index contributed by atoms with van der Waals surface area (Å²) in [6, 6.07) is -0.191. The first kappa shape index (κ1) is 17.7. The van der Waals surface area contributed by atoms with E-state index in [-0.39, 0.29) is 19.2 Å².